The minimum atomic E-state index is -0.310. The molecule has 0 saturated carbocycles. The van der Waals surface area contributed by atoms with E-state index in [2.05, 4.69) is 17.3 Å². The van der Waals surface area contributed by atoms with Gasteiger partial charge in [0.05, 0.1) is 5.69 Å². The first-order valence-corrected chi connectivity index (χ1v) is 6.92. The highest BCUT2D eigenvalue weighted by Gasteiger charge is 2.08. The van der Waals surface area contributed by atoms with E-state index in [1.165, 1.54) is 17.7 Å². The standard InChI is InChI=1S/C14H21N5O2/c1-5-12-10(9-17(2)16-12)7-15-8-11-6-13(20)19(4)14(21)18(11)3/h6,9,15H,5,7-8H2,1-4H3. The average Bonchev–Trinajstić information content (AvgIpc) is 2.82. The van der Waals surface area contributed by atoms with Gasteiger partial charge in [-0.2, -0.15) is 5.10 Å². The van der Waals surface area contributed by atoms with E-state index in [-0.39, 0.29) is 11.2 Å². The highest BCUT2D eigenvalue weighted by Crippen LogP contribution is 2.06. The predicted octanol–water partition coefficient (Wildman–Crippen LogP) is -0.330. The van der Waals surface area contributed by atoms with Crippen LogP contribution in [0, 0.1) is 0 Å². The monoisotopic (exact) mass is 291 g/mol. The lowest BCUT2D eigenvalue weighted by Gasteiger charge is -2.10. The van der Waals surface area contributed by atoms with Gasteiger partial charge in [-0.15, -0.1) is 0 Å². The molecule has 2 aromatic heterocycles. The van der Waals surface area contributed by atoms with Crippen LogP contribution in [0.15, 0.2) is 21.9 Å². The summed E-state index contributed by atoms with van der Waals surface area (Å²) in [7, 11) is 5.04. The number of hydrogen-bond donors (Lipinski definition) is 1. The van der Waals surface area contributed by atoms with Crippen LogP contribution in [-0.4, -0.2) is 18.9 Å². The van der Waals surface area contributed by atoms with Gasteiger partial charge in [0.25, 0.3) is 5.56 Å². The van der Waals surface area contributed by atoms with Crippen molar-refractivity contribution in [1.82, 2.24) is 24.2 Å². The molecule has 0 aliphatic rings. The lowest BCUT2D eigenvalue weighted by Crippen LogP contribution is -2.39. The number of nitrogens with zero attached hydrogens (tertiary/aromatic N) is 4. The van der Waals surface area contributed by atoms with Crippen molar-refractivity contribution in [1.29, 1.82) is 0 Å². The van der Waals surface area contributed by atoms with Gasteiger partial charge < -0.3 is 5.32 Å². The molecule has 2 rings (SSSR count). The Bertz CT molecular complexity index is 754. The van der Waals surface area contributed by atoms with Crippen molar-refractivity contribution < 1.29 is 0 Å². The second-order valence-electron chi connectivity index (χ2n) is 5.11. The molecular formula is C14H21N5O2. The van der Waals surface area contributed by atoms with E-state index in [0.717, 1.165) is 22.2 Å². The molecule has 0 spiro atoms. The van der Waals surface area contributed by atoms with E-state index in [9.17, 15) is 9.59 Å². The summed E-state index contributed by atoms with van der Waals surface area (Å²) in [4.78, 5) is 23.5. The highest BCUT2D eigenvalue weighted by atomic mass is 16.2. The molecule has 21 heavy (non-hydrogen) atoms. The van der Waals surface area contributed by atoms with E-state index < -0.39 is 0 Å². The lowest BCUT2D eigenvalue weighted by molar-refractivity contribution is 0.599. The lowest BCUT2D eigenvalue weighted by atomic mass is 10.2. The number of nitrogens with one attached hydrogen (secondary N) is 1. The molecule has 2 heterocycles. The summed E-state index contributed by atoms with van der Waals surface area (Å²) >= 11 is 0. The number of rotatable bonds is 5. The summed E-state index contributed by atoms with van der Waals surface area (Å²) in [6, 6.07) is 1.48. The molecule has 0 bridgehead atoms. The Morgan fingerprint density at radius 2 is 1.86 bits per heavy atom. The van der Waals surface area contributed by atoms with Crippen molar-refractivity contribution >= 4 is 0 Å². The summed E-state index contributed by atoms with van der Waals surface area (Å²) in [5.74, 6) is 0. The maximum absolute atomic E-state index is 11.8. The largest absolute Gasteiger partial charge is 0.330 e. The molecular weight excluding hydrogens is 270 g/mol. The molecule has 1 N–H and O–H groups in total. The van der Waals surface area contributed by atoms with Crippen LogP contribution in [-0.2, 0) is 40.7 Å². The van der Waals surface area contributed by atoms with Gasteiger partial charge in [-0.1, -0.05) is 6.92 Å². The first kappa shape index (κ1) is 15.2. The molecule has 0 aromatic carbocycles. The van der Waals surface area contributed by atoms with Gasteiger partial charge >= 0.3 is 5.69 Å². The second-order valence-corrected chi connectivity index (χ2v) is 5.11. The summed E-state index contributed by atoms with van der Waals surface area (Å²) in [5, 5.41) is 7.64. The van der Waals surface area contributed by atoms with Crippen molar-refractivity contribution in [2.45, 2.75) is 26.4 Å². The number of aromatic nitrogens is 4. The smallest absolute Gasteiger partial charge is 0.307 e. The summed E-state index contributed by atoms with van der Waals surface area (Å²) in [6.45, 7) is 3.18. The van der Waals surface area contributed by atoms with Crippen molar-refractivity contribution in [3.8, 4) is 0 Å². The van der Waals surface area contributed by atoms with Gasteiger partial charge in [0, 0.05) is 57.8 Å². The zero-order chi connectivity index (χ0) is 15.6. The molecule has 2 aromatic rings. The van der Waals surface area contributed by atoms with Gasteiger partial charge in [0.15, 0.2) is 0 Å². The van der Waals surface area contributed by atoms with Crippen LogP contribution in [0.4, 0.5) is 0 Å². The van der Waals surface area contributed by atoms with Gasteiger partial charge in [-0.25, -0.2) is 4.79 Å². The van der Waals surface area contributed by atoms with Crippen LogP contribution in [0.5, 0.6) is 0 Å². The van der Waals surface area contributed by atoms with Crippen molar-refractivity contribution in [3.05, 3.63) is 50.1 Å². The van der Waals surface area contributed by atoms with E-state index in [4.69, 9.17) is 0 Å². The molecule has 0 unspecified atom stereocenters. The normalized spacial score (nSPS) is 11.0. The summed E-state index contributed by atoms with van der Waals surface area (Å²) < 4.78 is 4.38. The zero-order valence-corrected chi connectivity index (χ0v) is 12.9. The van der Waals surface area contributed by atoms with Gasteiger partial charge in [-0.05, 0) is 6.42 Å². The van der Waals surface area contributed by atoms with E-state index in [1.54, 1.807) is 11.7 Å². The summed E-state index contributed by atoms with van der Waals surface area (Å²) in [5.41, 5.74) is 2.27. The van der Waals surface area contributed by atoms with E-state index in [0.29, 0.717) is 18.8 Å². The molecule has 0 amide bonds. The molecule has 7 nitrogen and oxygen atoms in total. The van der Waals surface area contributed by atoms with Crippen LogP contribution < -0.4 is 16.6 Å². The quantitative estimate of drug-likeness (QED) is 0.818. The Balaban J connectivity index is 2.11. The fourth-order valence-electron chi connectivity index (χ4n) is 2.30. The zero-order valence-electron chi connectivity index (χ0n) is 12.9. The van der Waals surface area contributed by atoms with Crippen molar-refractivity contribution in [3.63, 3.8) is 0 Å². The summed E-state index contributed by atoms with van der Waals surface area (Å²) in [6.07, 6.45) is 2.86. The fourth-order valence-corrected chi connectivity index (χ4v) is 2.30. The minimum absolute atomic E-state index is 0.287. The van der Waals surface area contributed by atoms with Gasteiger partial charge in [0.1, 0.15) is 0 Å². The van der Waals surface area contributed by atoms with Gasteiger partial charge in [0.2, 0.25) is 0 Å². The maximum Gasteiger partial charge on any atom is 0.330 e. The maximum atomic E-state index is 11.8. The minimum Gasteiger partial charge on any atom is -0.307 e. The van der Waals surface area contributed by atoms with Gasteiger partial charge in [-0.3, -0.25) is 18.6 Å². The van der Waals surface area contributed by atoms with Crippen LogP contribution >= 0.6 is 0 Å². The third kappa shape index (κ3) is 3.13. The Hall–Kier alpha value is -2.15. The fraction of sp³-hybridized carbons (Fsp3) is 0.500. The topological polar surface area (TPSA) is 73.8 Å². The molecule has 0 atom stereocenters. The van der Waals surface area contributed by atoms with Crippen LogP contribution in [0.1, 0.15) is 23.9 Å². The van der Waals surface area contributed by atoms with Crippen LogP contribution in [0.3, 0.4) is 0 Å². The first-order valence-electron chi connectivity index (χ1n) is 6.92. The number of aryl methyl sites for hydroxylation is 2. The third-order valence-corrected chi connectivity index (χ3v) is 3.57. The molecule has 0 aliphatic carbocycles. The second kappa shape index (κ2) is 6.09. The first-order chi connectivity index (χ1) is 9.93. The van der Waals surface area contributed by atoms with E-state index >= 15 is 0 Å². The molecule has 0 saturated heterocycles. The molecule has 114 valence electrons. The molecule has 0 radical (unpaired) electrons. The Morgan fingerprint density at radius 3 is 2.52 bits per heavy atom. The number of hydrogen-bond acceptors (Lipinski definition) is 4. The SMILES string of the molecule is CCc1nn(C)cc1CNCc1cc(=O)n(C)c(=O)n1C. The van der Waals surface area contributed by atoms with Crippen molar-refractivity contribution in [2.24, 2.45) is 21.1 Å². The molecule has 0 aliphatic heterocycles. The Kier molecular flexibility index (Phi) is 4.42. The molecule has 0 fully saturated rings. The average molecular weight is 291 g/mol. The Morgan fingerprint density at radius 1 is 1.14 bits per heavy atom. The van der Waals surface area contributed by atoms with Crippen LogP contribution in [0.2, 0.25) is 0 Å². The van der Waals surface area contributed by atoms with Crippen LogP contribution in [0.25, 0.3) is 0 Å². The molecule has 7 heteroatoms. The third-order valence-electron chi connectivity index (χ3n) is 3.57. The predicted molar refractivity (Wildman–Crippen MR) is 80.1 cm³/mol. The highest BCUT2D eigenvalue weighted by molar-refractivity contribution is 5.16. The Labute approximate surface area is 122 Å². The van der Waals surface area contributed by atoms with E-state index in [1.807, 2.05) is 13.2 Å². The van der Waals surface area contributed by atoms with Crippen molar-refractivity contribution in [2.75, 3.05) is 0 Å².